The second-order valence-electron chi connectivity index (χ2n) is 5.14. The Balaban J connectivity index is 2.32. The number of carbonyl (C=O) groups is 1. The molecule has 1 fully saturated rings. The van der Waals surface area contributed by atoms with E-state index in [-0.39, 0.29) is 6.09 Å². The Morgan fingerprint density at radius 1 is 1.28 bits per heavy atom. The highest BCUT2D eigenvalue weighted by atomic mass is 79.9. The van der Waals surface area contributed by atoms with E-state index in [0.717, 1.165) is 38.1 Å². The third-order valence-corrected chi connectivity index (χ3v) is 4.36. The number of carbonyl (C=O) groups excluding carboxylic acids is 1. The molecule has 1 saturated heterocycles. The molecule has 18 heavy (non-hydrogen) atoms. The first-order chi connectivity index (χ1) is 8.58. The summed E-state index contributed by atoms with van der Waals surface area (Å²) in [7, 11) is 0. The lowest BCUT2D eigenvalue weighted by Crippen LogP contribution is -2.50. The minimum Gasteiger partial charge on any atom is -0.450 e. The van der Waals surface area contributed by atoms with Gasteiger partial charge in [0.25, 0.3) is 0 Å². The van der Waals surface area contributed by atoms with Crippen LogP contribution >= 0.6 is 15.9 Å². The third-order valence-electron chi connectivity index (χ3n) is 3.53. The highest BCUT2D eigenvalue weighted by Crippen LogP contribution is 2.16. The maximum Gasteiger partial charge on any atom is 0.409 e. The predicted molar refractivity (Wildman–Crippen MR) is 77.2 cm³/mol. The molecule has 0 aromatic rings. The van der Waals surface area contributed by atoms with Gasteiger partial charge in [-0.15, -0.1) is 0 Å². The van der Waals surface area contributed by atoms with Crippen LogP contribution in [0.1, 0.15) is 20.8 Å². The molecule has 1 aliphatic heterocycles. The molecular formula is C13H25BrN2O2. The van der Waals surface area contributed by atoms with Gasteiger partial charge in [-0.2, -0.15) is 0 Å². The van der Waals surface area contributed by atoms with Crippen LogP contribution < -0.4 is 0 Å². The first-order valence-corrected chi connectivity index (χ1v) is 7.90. The van der Waals surface area contributed by atoms with E-state index in [9.17, 15) is 4.79 Å². The van der Waals surface area contributed by atoms with Gasteiger partial charge in [-0.05, 0) is 18.8 Å². The standard InChI is InChI=1S/C13H25BrN2O2/c1-4-18-13(17)16-7-5-15(6-8-16)10-12(9-14)11(2)3/h11-12H,4-10H2,1-3H3. The van der Waals surface area contributed by atoms with Gasteiger partial charge in [0.2, 0.25) is 0 Å². The molecule has 0 aromatic heterocycles. The number of ether oxygens (including phenoxy) is 1. The van der Waals surface area contributed by atoms with Gasteiger partial charge in [0.15, 0.2) is 0 Å². The number of piperazine rings is 1. The molecule has 0 bridgehead atoms. The lowest BCUT2D eigenvalue weighted by molar-refractivity contribution is 0.0740. The molecule has 1 amide bonds. The Kier molecular flexibility index (Phi) is 7.00. The fraction of sp³-hybridized carbons (Fsp3) is 0.923. The molecule has 106 valence electrons. The van der Waals surface area contributed by atoms with Crippen LogP contribution in [0.2, 0.25) is 0 Å². The Hall–Kier alpha value is -0.290. The normalized spacial score (nSPS) is 19.1. The summed E-state index contributed by atoms with van der Waals surface area (Å²) in [5.41, 5.74) is 0. The van der Waals surface area contributed by atoms with Gasteiger partial charge in [-0.1, -0.05) is 29.8 Å². The first kappa shape index (κ1) is 15.8. The van der Waals surface area contributed by atoms with Crippen molar-refractivity contribution < 1.29 is 9.53 Å². The molecule has 1 unspecified atom stereocenters. The number of alkyl halides is 1. The van der Waals surface area contributed by atoms with E-state index in [4.69, 9.17) is 4.74 Å². The molecule has 4 nitrogen and oxygen atoms in total. The Bertz CT molecular complexity index is 253. The minimum absolute atomic E-state index is 0.168. The van der Waals surface area contributed by atoms with Crippen LogP contribution in [-0.4, -0.2) is 60.6 Å². The van der Waals surface area contributed by atoms with Gasteiger partial charge >= 0.3 is 6.09 Å². The zero-order valence-corrected chi connectivity index (χ0v) is 13.3. The van der Waals surface area contributed by atoms with Crippen LogP contribution in [0, 0.1) is 11.8 Å². The number of nitrogens with zero attached hydrogens (tertiary/aromatic N) is 2. The Morgan fingerprint density at radius 3 is 2.33 bits per heavy atom. The molecule has 5 heteroatoms. The molecule has 0 aromatic carbocycles. The quantitative estimate of drug-likeness (QED) is 0.729. The second-order valence-corrected chi connectivity index (χ2v) is 5.79. The maximum absolute atomic E-state index is 11.6. The molecule has 1 atom stereocenters. The van der Waals surface area contributed by atoms with Crippen molar-refractivity contribution in [3.05, 3.63) is 0 Å². The largest absolute Gasteiger partial charge is 0.450 e. The summed E-state index contributed by atoms with van der Waals surface area (Å²) in [4.78, 5) is 15.8. The molecule has 0 saturated carbocycles. The summed E-state index contributed by atoms with van der Waals surface area (Å²) in [6.07, 6.45) is -0.168. The van der Waals surface area contributed by atoms with Crippen LogP contribution in [0.25, 0.3) is 0 Å². The number of rotatable bonds is 5. The summed E-state index contributed by atoms with van der Waals surface area (Å²) in [5.74, 6) is 1.37. The summed E-state index contributed by atoms with van der Waals surface area (Å²) < 4.78 is 5.02. The van der Waals surface area contributed by atoms with E-state index in [2.05, 4.69) is 34.7 Å². The molecule has 1 heterocycles. The van der Waals surface area contributed by atoms with Gasteiger partial charge < -0.3 is 9.64 Å². The first-order valence-electron chi connectivity index (χ1n) is 6.78. The van der Waals surface area contributed by atoms with E-state index < -0.39 is 0 Å². The Morgan fingerprint density at radius 2 is 1.89 bits per heavy atom. The van der Waals surface area contributed by atoms with Crippen LogP contribution in [0.15, 0.2) is 0 Å². The van der Waals surface area contributed by atoms with Gasteiger partial charge in [0.1, 0.15) is 0 Å². The van der Waals surface area contributed by atoms with Crippen LogP contribution in [-0.2, 0) is 4.74 Å². The predicted octanol–water partition coefficient (Wildman–Crippen LogP) is 2.43. The van der Waals surface area contributed by atoms with Crippen LogP contribution in [0.5, 0.6) is 0 Å². The summed E-state index contributed by atoms with van der Waals surface area (Å²) in [5, 5.41) is 1.04. The minimum atomic E-state index is -0.168. The van der Waals surface area contributed by atoms with Crippen molar-refractivity contribution in [3.63, 3.8) is 0 Å². The SMILES string of the molecule is CCOC(=O)N1CCN(CC(CBr)C(C)C)CC1. The molecule has 0 radical (unpaired) electrons. The van der Waals surface area contributed by atoms with Crippen LogP contribution in [0.3, 0.4) is 0 Å². The smallest absolute Gasteiger partial charge is 0.409 e. The van der Waals surface area contributed by atoms with Crippen molar-refractivity contribution >= 4 is 22.0 Å². The molecule has 0 aliphatic carbocycles. The lowest BCUT2D eigenvalue weighted by atomic mass is 9.97. The summed E-state index contributed by atoms with van der Waals surface area (Å²) >= 11 is 3.59. The molecule has 0 N–H and O–H groups in total. The average molecular weight is 321 g/mol. The van der Waals surface area contributed by atoms with E-state index in [1.165, 1.54) is 0 Å². The third kappa shape index (κ3) is 4.76. The highest BCUT2D eigenvalue weighted by Gasteiger charge is 2.24. The van der Waals surface area contributed by atoms with E-state index in [1.54, 1.807) is 4.90 Å². The van der Waals surface area contributed by atoms with Crippen molar-refractivity contribution in [2.45, 2.75) is 20.8 Å². The topological polar surface area (TPSA) is 32.8 Å². The summed E-state index contributed by atoms with van der Waals surface area (Å²) in [6.45, 7) is 11.4. The number of amides is 1. The van der Waals surface area contributed by atoms with E-state index in [1.807, 2.05) is 6.92 Å². The van der Waals surface area contributed by atoms with Gasteiger partial charge in [0, 0.05) is 38.1 Å². The van der Waals surface area contributed by atoms with Gasteiger partial charge in [-0.3, -0.25) is 4.90 Å². The van der Waals surface area contributed by atoms with Crippen molar-refractivity contribution in [2.24, 2.45) is 11.8 Å². The van der Waals surface area contributed by atoms with Crippen LogP contribution in [0.4, 0.5) is 4.79 Å². The zero-order valence-electron chi connectivity index (χ0n) is 11.7. The summed E-state index contributed by atoms with van der Waals surface area (Å²) in [6, 6.07) is 0. The lowest BCUT2D eigenvalue weighted by Gasteiger charge is -2.36. The fourth-order valence-corrected chi connectivity index (χ4v) is 3.05. The van der Waals surface area contributed by atoms with Gasteiger partial charge in [-0.25, -0.2) is 4.79 Å². The fourth-order valence-electron chi connectivity index (χ4n) is 2.10. The molecule has 1 rings (SSSR count). The highest BCUT2D eigenvalue weighted by molar-refractivity contribution is 9.09. The van der Waals surface area contributed by atoms with Crippen molar-refractivity contribution in [3.8, 4) is 0 Å². The monoisotopic (exact) mass is 320 g/mol. The van der Waals surface area contributed by atoms with Crippen molar-refractivity contribution in [2.75, 3.05) is 44.7 Å². The van der Waals surface area contributed by atoms with Crippen molar-refractivity contribution in [1.82, 2.24) is 9.80 Å². The van der Waals surface area contributed by atoms with Gasteiger partial charge in [0.05, 0.1) is 6.61 Å². The number of halogens is 1. The average Bonchev–Trinajstić information content (AvgIpc) is 2.36. The number of hydrogen-bond acceptors (Lipinski definition) is 3. The van der Waals surface area contributed by atoms with E-state index in [0.29, 0.717) is 18.4 Å². The van der Waals surface area contributed by atoms with E-state index >= 15 is 0 Å². The Labute approximate surface area is 119 Å². The zero-order chi connectivity index (χ0) is 13.5. The molecule has 0 spiro atoms. The number of hydrogen-bond donors (Lipinski definition) is 0. The molecular weight excluding hydrogens is 296 g/mol. The molecule has 1 aliphatic rings. The second kappa shape index (κ2) is 8.00. The maximum atomic E-state index is 11.6. The van der Waals surface area contributed by atoms with Crippen molar-refractivity contribution in [1.29, 1.82) is 0 Å².